The molecule has 2 heterocycles. The van der Waals surface area contributed by atoms with Gasteiger partial charge in [-0.1, -0.05) is 29.3 Å². The summed E-state index contributed by atoms with van der Waals surface area (Å²) in [6.45, 7) is 1.95. The van der Waals surface area contributed by atoms with Crippen molar-refractivity contribution >= 4 is 46.3 Å². The Kier molecular flexibility index (Phi) is 5.34. The zero-order chi connectivity index (χ0) is 21.4. The van der Waals surface area contributed by atoms with E-state index in [2.05, 4.69) is 31.7 Å². The van der Waals surface area contributed by atoms with Crippen LogP contribution in [0.1, 0.15) is 54.3 Å². The second-order valence-electron chi connectivity index (χ2n) is 7.58. The van der Waals surface area contributed by atoms with E-state index in [-0.39, 0.29) is 6.10 Å². The van der Waals surface area contributed by atoms with Gasteiger partial charge in [0.25, 0.3) is 0 Å². The summed E-state index contributed by atoms with van der Waals surface area (Å²) in [5.41, 5.74) is 4.05. The van der Waals surface area contributed by atoms with E-state index < -0.39 is 0 Å². The van der Waals surface area contributed by atoms with E-state index in [9.17, 15) is 0 Å². The van der Waals surface area contributed by atoms with E-state index in [1.165, 1.54) is 18.4 Å². The van der Waals surface area contributed by atoms with E-state index in [0.29, 0.717) is 21.8 Å². The molecule has 0 radical (unpaired) electrons. The lowest BCUT2D eigenvalue weighted by atomic mass is 9.99. The van der Waals surface area contributed by atoms with Gasteiger partial charge in [-0.3, -0.25) is 4.98 Å². The fraction of sp³-hybridized carbons (Fsp3) is 0.217. The molecule has 1 saturated carbocycles. The molecule has 156 valence electrons. The number of aromatic nitrogens is 5. The molecule has 0 bridgehead atoms. The first-order valence-corrected chi connectivity index (χ1v) is 10.8. The normalized spacial score (nSPS) is 14.9. The van der Waals surface area contributed by atoms with Gasteiger partial charge in [0, 0.05) is 27.2 Å². The molecular formula is C23H19Cl2N5O. The van der Waals surface area contributed by atoms with Crippen molar-refractivity contribution in [2.45, 2.75) is 31.8 Å². The van der Waals surface area contributed by atoms with Crippen molar-refractivity contribution in [2.75, 3.05) is 0 Å². The highest BCUT2D eigenvalue weighted by Gasteiger charge is 2.28. The van der Waals surface area contributed by atoms with Crippen molar-refractivity contribution in [3.63, 3.8) is 0 Å². The first kappa shape index (κ1) is 20.0. The van der Waals surface area contributed by atoms with Gasteiger partial charge >= 0.3 is 0 Å². The molecule has 2 aromatic carbocycles. The Balaban J connectivity index is 1.52. The summed E-state index contributed by atoms with van der Waals surface area (Å²) < 4.78 is 6.24. The zero-order valence-electron chi connectivity index (χ0n) is 16.7. The molecule has 2 aromatic heterocycles. The molecule has 5 rings (SSSR count). The van der Waals surface area contributed by atoms with Crippen LogP contribution in [0.25, 0.3) is 23.1 Å². The minimum absolute atomic E-state index is 0.294. The molecule has 0 saturated heterocycles. The van der Waals surface area contributed by atoms with E-state index in [4.69, 9.17) is 27.9 Å². The third kappa shape index (κ3) is 4.13. The Labute approximate surface area is 189 Å². The third-order valence-electron chi connectivity index (χ3n) is 5.39. The maximum Gasteiger partial charge on any atom is 0.197 e. The summed E-state index contributed by atoms with van der Waals surface area (Å²) in [4.78, 5) is 4.65. The Morgan fingerprint density at radius 1 is 1.13 bits per heavy atom. The third-order valence-corrected chi connectivity index (χ3v) is 6.05. The number of nitrogens with zero attached hydrogens (tertiary/aromatic N) is 4. The minimum atomic E-state index is -0.294. The number of halogens is 2. The Bertz CT molecular complexity index is 1250. The number of H-pyrrole nitrogens is 1. The molecule has 0 aliphatic heterocycles. The predicted molar refractivity (Wildman–Crippen MR) is 122 cm³/mol. The van der Waals surface area contributed by atoms with Gasteiger partial charge in [-0.05, 0) is 84.5 Å². The number of tetrazole rings is 1. The van der Waals surface area contributed by atoms with Crippen molar-refractivity contribution in [1.82, 2.24) is 25.6 Å². The molecule has 4 aromatic rings. The molecule has 8 heteroatoms. The molecule has 6 nitrogen and oxygen atoms in total. The quantitative estimate of drug-likeness (QED) is 0.375. The van der Waals surface area contributed by atoms with Gasteiger partial charge in [0.15, 0.2) is 5.82 Å². The average molecular weight is 452 g/mol. The van der Waals surface area contributed by atoms with Crippen molar-refractivity contribution in [3.05, 3.63) is 75.2 Å². The van der Waals surface area contributed by atoms with Gasteiger partial charge in [-0.25, -0.2) is 0 Å². The smallest absolute Gasteiger partial charge is 0.197 e. The fourth-order valence-corrected chi connectivity index (χ4v) is 4.51. The van der Waals surface area contributed by atoms with Gasteiger partial charge in [0.1, 0.15) is 11.9 Å². The summed E-state index contributed by atoms with van der Waals surface area (Å²) in [6.07, 6.45) is 7.76. The monoisotopic (exact) mass is 451 g/mol. The van der Waals surface area contributed by atoms with E-state index in [1.807, 2.05) is 55.6 Å². The first-order chi connectivity index (χ1) is 15.1. The van der Waals surface area contributed by atoms with Gasteiger partial charge in [0.05, 0.1) is 5.52 Å². The second kappa shape index (κ2) is 8.29. The number of hydrogen-bond donors (Lipinski definition) is 1. The Morgan fingerprint density at radius 3 is 2.65 bits per heavy atom. The van der Waals surface area contributed by atoms with Gasteiger partial charge in [0.2, 0.25) is 0 Å². The standard InChI is InChI=1S/C23H19Cl2N5O/c1-13(22-18(24)3-2-4-19(22)25)31-16-8-9-20-17(11-16)23(14-5-6-14)15(12-26-20)7-10-21-27-29-30-28-21/h2-4,7-14H,5-6H2,1H3,(H,27,28,29,30)/b10-7+/t13-/m0/s1. The van der Waals surface area contributed by atoms with Crippen molar-refractivity contribution in [3.8, 4) is 5.75 Å². The van der Waals surface area contributed by atoms with Crippen LogP contribution in [0.5, 0.6) is 5.75 Å². The molecule has 0 unspecified atom stereocenters. The van der Waals surface area contributed by atoms with Crippen molar-refractivity contribution < 1.29 is 4.74 Å². The van der Waals surface area contributed by atoms with Crippen LogP contribution < -0.4 is 4.74 Å². The number of fused-ring (bicyclic) bond motifs is 1. The van der Waals surface area contributed by atoms with Crippen LogP contribution in [0.4, 0.5) is 0 Å². The minimum Gasteiger partial charge on any atom is -0.486 e. The number of hydrogen-bond acceptors (Lipinski definition) is 5. The zero-order valence-corrected chi connectivity index (χ0v) is 18.2. The van der Waals surface area contributed by atoms with E-state index in [0.717, 1.165) is 27.8 Å². The molecule has 1 aliphatic rings. The largest absolute Gasteiger partial charge is 0.486 e. The van der Waals surface area contributed by atoms with Crippen LogP contribution in [-0.2, 0) is 0 Å². The number of nitrogens with one attached hydrogen (secondary N) is 1. The number of benzene rings is 2. The van der Waals surface area contributed by atoms with E-state index >= 15 is 0 Å². The molecule has 1 fully saturated rings. The molecule has 1 N–H and O–H groups in total. The Hall–Kier alpha value is -2.96. The summed E-state index contributed by atoms with van der Waals surface area (Å²) in [6, 6.07) is 11.4. The van der Waals surface area contributed by atoms with Gasteiger partial charge in [-0.15, -0.1) is 10.2 Å². The molecule has 1 aliphatic carbocycles. The summed E-state index contributed by atoms with van der Waals surface area (Å²) in [5.74, 6) is 1.80. The highest BCUT2D eigenvalue weighted by molar-refractivity contribution is 6.36. The van der Waals surface area contributed by atoms with Crippen LogP contribution in [0.2, 0.25) is 10.0 Å². The highest BCUT2D eigenvalue weighted by atomic mass is 35.5. The number of rotatable bonds is 6. The van der Waals surface area contributed by atoms with Gasteiger partial charge in [-0.2, -0.15) is 5.21 Å². The van der Waals surface area contributed by atoms with Crippen LogP contribution >= 0.6 is 23.2 Å². The SMILES string of the molecule is C[C@H](Oc1ccc2ncc(/C=C/c3nn[nH]n3)c(C3CC3)c2c1)c1c(Cl)cccc1Cl. The summed E-state index contributed by atoms with van der Waals surface area (Å²) in [7, 11) is 0. The van der Waals surface area contributed by atoms with Gasteiger partial charge < -0.3 is 4.74 Å². The average Bonchev–Trinajstić information content (AvgIpc) is 3.45. The molecule has 1 atom stereocenters. The van der Waals surface area contributed by atoms with Crippen LogP contribution in [0, 0.1) is 0 Å². The summed E-state index contributed by atoms with van der Waals surface area (Å²) in [5, 5.41) is 16.3. The topological polar surface area (TPSA) is 76.6 Å². The lowest BCUT2D eigenvalue weighted by molar-refractivity contribution is 0.227. The maximum absolute atomic E-state index is 6.36. The van der Waals surface area contributed by atoms with Crippen LogP contribution in [0.15, 0.2) is 42.6 Å². The fourth-order valence-electron chi connectivity index (χ4n) is 3.81. The lowest BCUT2D eigenvalue weighted by Crippen LogP contribution is -2.05. The lowest BCUT2D eigenvalue weighted by Gasteiger charge is -2.18. The van der Waals surface area contributed by atoms with Crippen LogP contribution in [0.3, 0.4) is 0 Å². The molecule has 0 spiro atoms. The number of ether oxygens (including phenoxy) is 1. The Morgan fingerprint density at radius 2 is 1.94 bits per heavy atom. The van der Waals surface area contributed by atoms with Crippen molar-refractivity contribution in [1.29, 1.82) is 0 Å². The predicted octanol–water partition coefficient (Wildman–Crippen LogP) is 6.24. The summed E-state index contributed by atoms with van der Waals surface area (Å²) >= 11 is 12.7. The molecule has 0 amide bonds. The molecule has 31 heavy (non-hydrogen) atoms. The highest BCUT2D eigenvalue weighted by Crippen LogP contribution is 2.45. The second-order valence-corrected chi connectivity index (χ2v) is 8.39. The number of aromatic amines is 1. The first-order valence-electron chi connectivity index (χ1n) is 10.0. The van der Waals surface area contributed by atoms with E-state index in [1.54, 1.807) is 0 Å². The van der Waals surface area contributed by atoms with Crippen LogP contribution in [-0.4, -0.2) is 25.6 Å². The maximum atomic E-state index is 6.36. The van der Waals surface area contributed by atoms with Crippen molar-refractivity contribution in [2.24, 2.45) is 0 Å². The number of pyridine rings is 1. The molecular weight excluding hydrogens is 433 g/mol.